The first kappa shape index (κ1) is 23.5. The Labute approximate surface area is 207 Å². The molecule has 2 N–H and O–H groups in total. The van der Waals surface area contributed by atoms with Crippen LogP contribution in [0.1, 0.15) is 12.3 Å². The van der Waals surface area contributed by atoms with Crippen molar-refractivity contribution in [2.45, 2.75) is 13.3 Å². The van der Waals surface area contributed by atoms with Crippen molar-refractivity contribution < 1.29 is 22.8 Å². The highest BCUT2D eigenvalue weighted by atomic mass is 32.1. The molecule has 5 rings (SSSR count). The van der Waals surface area contributed by atoms with Crippen LogP contribution in [-0.4, -0.2) is 45.8 Å². The van der Waals surface area contributed by atoms with Gasteiger partial charge in [-0.2, -0.15) is 4.98 Å². The zero-order valence-corrected chi connectivity index (χ0v) is 19.9. The normalized spacial score (nSPS) is 11.2. The van der Waals surface area contributed by atoms with Crippen molar-refractivity contribution in [2.24, 2.45) is 0 Å². The average molecular weight is 511 g/mol. The lowest BCUT2D eigenvalue weighted by molar-refractivity contribution is -0.115. The Bertz CT molecular complexity index is 1550. The number of aryl methyl sites for hydroxylation is 1. The van der Waals surface area contributed by atoms with Crippen LogP contribution in [0.5, 0.6) is 5.75 Å². The molecule has 0 aliphatic heterocycles. The number of alkyl halides is 1. The molecule has 184 valence electrons. The van der Waals surface area contributed by atoms with Gasteiger partial charge in [0.15, 0.2) is 10.9 Å². The summed E-state index contributed by atoms with van der Waals surface area (Å²) in [5.41, 5.74) is 0.850. The van der Waals surface area contributed by atoms with E-state index in [1.807, 2.05) is 24.3 Å². The molecule has 1 amide bonds. The number of carbonyl (C=O) groups excluding carboxylic acids is 1. The van der Waals surface area contributed by atoms with Crippen LogP contribution in [0, 0.1) is 12.7 Å². The minimum absolute atomic E-state index is 0.0670. The number of rotatable bonds is 9. The number of carbonyl (C=O) groups is 1. The largest absolute Gasteiger partial charge is 0.489 e. The van der Waals surface area contributed by atoms with Crippen molar-refractivity contribution >= 4 is 49.2 Å². The number of nitrogens with zero attached hydrogens (tertiary/aromatic N) is 4. The predicted octanol–water partition coefficient (Wildman–Crippen LogP) is 5.13. The van der Waals surface area contributed by atoms with E-state index in [1.165, 1.54) is 12.1 Å². The van der Waals surface area contributed by atoms with Crippen LogP contribution in [0.3, 0.4) is 0 Å². The summed E-state index contributed by atoms with van der Waals surface area (Å²) < 4.78 is 37.4. The maximum atomic E-state index is 14.2. The maximum absolute atomic E-state index is 14.2. The van der Waals surface area contributed by atoms with E-state index in [-0.39, 0.29) is 29.6 Å². The van der Waals surface area contributed by atoms with Crippen molar-refractivity contribution in [2.75, 3.05) is 30.5 Å². The topological polar surface area (TPSA) is 115 Å². The standard InChI is InChI=1S/C24H20F2N6O3S/c1-13-29-22(32-35-13)15-3-2-14-6-9-27-23(16(14)12-15)28-10-7-19(33)30-24-31-20-17(26)4-5-18(21(20)36-24)34-11-8-25/h2-6,9,12H,7-8,10-11H2,1H3,(H,27,28)(H,30,31,33). The number of anilines is 2. The number of halogens is 2. The number of nitrogens with one attached hydrogen (secondary N) is 2. The van der Waals surface area contributed by atoms with Crippen molar-refractivity contribution in [3.05, 3.63) is 54.3 Å². The number of amides is 1. The fourth-order valence-electron chi connectivity index (χ4n) is 3.61. The second-order valence-electron chi connectivity index (χ2n) is 7.74. The molecule has 5 aromatic rings. The molecule has 36 heavy (non-hydrogen) atoms. The van der Waals surface area contributed by atoms with E-state index in [0.29, 0.717) is 34.5 Å². The van der Waals surface area contributed by atoms with E-state index in [1.54, 1.807) is 13.1 Å². The molecule has 12 heteroatoms. The Kier molecular flexibility index (Phi) is 6.67. The van der Waals surface area contributed by atoms with Gasteiger partial charge in [-0.25, -0.2) is 18.7 Å². The number of hydrogen-bond acceptors (Lipinski definition) is 9. The third-order valence-corrected chi connectivity index (χ3v) is 6.22. The number of aromatic nitrogens is 4. The molecule has 9 nitrogen and oxygen atoms in total. The lowest BCUT2D eigenvalue weighted by Gasteiger charge is -2.09. The molecule has 0 atom stereocenters. The highest BCUT2D eigenvalue weighted by molar-refractivity contribution is 7.22. The molecular weight excluding hydrogens is 490 g/mol. The van der Waals surface area contributed by atoms with Crippen LogP contribution in [0.2, 0.25) is 0 Å². The summed E-state index contributed by atoms with van der Waals surface area (Å²) in [5, 5.41) is 11.9. The number of thiazole rings is 1. The molecule has 0 aliphatic rings. The van der Waals surface area contributed by atoms with E-state index in [0.717, 1.165) is 27.7 Å². The quantitative estimate of drug-likeness (QED) is 0.280. The van der Waals surface area contributed by atoms with Gasteiger partial charge in [-0.1, -0.05) is 28.6 Å². The Hall–Kier alpha value is -4.19. The summed E-state index contributed by atoms with van der Waals surface area (Å²) in [6.07, 6.45) is 1.80. The van der Waals surface area contributed by atoms with Crippen LogP contribution in [0.4, 0.5) is 19.7 Å². The van der Waals surface area contributed by atoms with Gasteiger partial charge >= 0.3 is 0 Å². The van der Waals surface area contributed by atoms with Crippen LogP contribution < -0.4 is 15.4 Å². The smallest absolute Gasteiger partial charge is 0.227 e. The first-order valence-corrected chi connectivity index (χ1v) is 11.8. The van der Waals surface area contributed by atoms with Gasteiger partial charge in [0.25, 0.3) is 0 Å². The summed E-state index contributed by atoms with van der Waals surface area (Å²) in [7, 11) is 0. The van der Waals surface area contributed by atoms with E-state index >= 15 is 0 Å². The summed E-state index contributed by atoms with van der Waals surface area (Å²) in [6.45, 7) is 1.21. The number of pyridine rings is 1. The minimum Gasteiger partial charge on any atom is -0.489 e. The molecule has 0 spiro atoms. The van der Waals surface area contributed by atoms with Crippen molar-refractivity contribution in [1.82, 2.24) is 20.1 Å². The Balaban J connectivity index is 1.26. The zero-order chi connectivity index (χ0) is 25.1. The Morgan fingerprint density at radius 3 is 2.89 bits per heavy atom. The van der Waals surface area contributed by atoms with Gasteiger partial charge in [0.1, 0.15) is 35.1 Å². The van der Waals surface area contributed by atoms with Gasteiger partial charge in [-0.15, -0.1) is 0 Å². The molecular formula is C24H20F2N6O3S. The molecule has 0 aliphatic carbocycles. The zero-order valence-electron chi connectivity index (χ0n) is 19.0. The van der Waals surface area contributed by atoms with Crippen LogP contribution in [0.15, 0.2) is 47.1 Å². The van der Waals surface area contributed by atoms with Gasteiger partial charge in [-0.05, 0) is 29.7 Å². The van der Waals surface area contributed by atoms with Gasteiger partial charge in [0, 0.05) is 37.0 Å². The van der Waals surface area contributed by atoms with Crippen LogP contribution >= 0.6 is 11.3 Å². The highest BCUT2D eigenvalue weighted by Gasteiger charge is 2.15. The van der Waals surface area contributed by atoms with Crippen molar-refractivity contribution in [1.29, 1.82) is 0 Å². The molecule has 0 unspecified atom stereocenters. The van der Waals surface area contributed by atoms with Gasteiger partial charge < -0.3 is 19.9 Å². The number of hydrogen-bond donors (Lipinski definition) is 2. The highest BCUT2D eigenvalue weighted by Crippen LogP contribution is 2.35. The van der Waals surface area contributed by atoms with Gasteiger partial charge in [0.05, 0.1) is 0 Å². The van der Waals surface area contributed by atoms with Gasteiger partial charge in [-0.3, -0.25) is 4.79 Å². The minimum atomic E-state index is -0.669. The summed E-state index contributed by atoms with van der Waals surface area (Å²) in [4.78, 5) is 25.3. The molecule has 2 aromatic carbocycles. The van der Waals surface area contributed by atoms with Crippen LogP contribution in [-0.2, 0) is 4.79 Å². The second kappa shape index (κ2) is 10.2. The number of fused-ring (bicyclic) bond motifs is 2. The van der Waals surface area contributed by atoms with Crippen molar-refractivity contribution in [3.8, 4) is 17.1 Å². The molecule has 3 aromatic heterocycles. The Morgan fingerprint density at radius 2 is 2.08 bits per heavy atom. The van der Waals surface area contributed by atoms with E-state index in [9.17, 15) is 13.6 Å². The maximum Gasteiger partial charge on any atom is 0.227 e. The summed E-state index contributed by atoms with van der Waals surface area (Å²) in [5.74, 6) is 1.03. The lowest BCUT2D eigenvalue weighted by atomic mass is 10.1. The Morgan fingerprint density at radius 1 is 1.19 bits per heavy atom. The second-order valence-corrected chi connectivity index (χ2v) is 8.74. The number of ether oxygens (including phenoxy) is 1. The number of benzene rings is 2. The van der Waals surface area contributed by atoms with Crippen LogP contribution in [0.25, 0.3) is 32.4 Å². The molecule has 0 fully saturated rings. The molecule has 0 radical (unpaired) electrons. The first-order chi connectivity index (χ1) is 17.5. The summed E-state index contributed by atoms with van der Waals surface area (Å²) >= 11 is 1.07. The fourth-order valence-corrected chi connectivity index (χ4v) is 4.57. The average Bonchev–Trinajstić information content (AvgIpc) is 3.50. The SMILES string of the molecule is Cc1nc(-c2ccc3ccnc(NCCC(=O)Nc4nc5c(F)ccc(OCCF)c5s4)c3c2)no1. The fraction of sp³-hybridized carbons (Fsp3) is 0.208. The predicted molar refractivity (Wildman–Crippen MR) is 133 cm³/mol. The first-order valence-electron chi connectivity index (χ1n) is 11.0. The monoisotopic (exact) mass is 510 g/mol. The van der Waals surface area contributed by atoms with E-state index in [2.05, 4.69) is 30.7 Å². The molecule has 0 saturated heterocycles. The third-order valence-electron chi connectivity index (χ3n) is 5.24. The molecule has 3 heterocycles. The van der Waals surface area contributed by atoms with E-state index in [4.69, 9.17) is 9.26 Å². The molecule has 0 saturated carbocycles. The van der Waals surface area contributed by atoms with Crippen molar-refractivity contribution in [3.63, 3.8) is 0 Å². The molecule has 0 bridgehead atoms. The lowest BCUT2D eigenvalue weighted by Crippen LogP contribution is -2.16. The third kappa shape index (κ3) is 4.93. The van der Waals surface area contributed by atoms with E-state index < -0.39 is 12.5 Å². The summed E-state index contributed by atoms with van der Waals surface area (Å²) in [6, 6.07) is 10.3. The van der Waals surface area contributed by atoms with Gasteiger partial charge in [0.2, 0.25) is 17.6 Å².